The Hall–Kier alpha value is -2.84. The lowest BCUT2D eigenvalue weighted by Gasteiger charge is -2.23. The first-order chi connectivity index (χ1) is 13.2. The number of hydrogen-bond donors (Lipinski definition) is 3. The second-order valence-electron chi connectivity index (χ2n) is 7.86. The number of piperidine rings is 1. The Bertz CT molecular complexity index is 1060. The third kappa shape index (κ3) is 2.87. The van der Waals surface area contributed by atoms with Gasteiger partial charge in [0.15, 0.2) is 0 Å². The molecule has 2 bridgehead atoms. The number of H-pyrrole nitrogens is 1. The molecule has 0 spiro atoms. The lowest BCUT2D eigenvalue weighted by Crippen LogP contribution is -2.50. The fourth-order valence-corrected chi connectivity index (χ4v) is 4.81. The Morgan fingerprint density at radius 2 is 2.04 bits per heavy atom. The highest BCUT2D eigenvalue weighted by atomic mass is 16.2. The highest BCUT2D eigenvalue weighted by Crippen LogP contribution is 2.35. The molecule has 2 fully saturated rings. The van der Waals surface area contributed by atoms with Gasteiger partial charge in [0, 0.05) is 34.3 Å². The average molecular weight is 358 g/mol. The lowest BCUT2D eigenvalue weighted by molar-refractivity contribution is -0.124. The molecule has 2 aromatic carbocycles. The second kappa shape index (κ2) is 6.40. The molecule has 3 aromatic rings. The summed E-state index contributed by atoms with van der Waals surface area (Å²) in [7, 11) is 0. The average Bonchev–Trinajstić information content (AvgIpc) is 3.40. The molecule has 1 aliphatic carbocycles. The molecule has 2 aliphatic rings. The van der Waals surface area contributed by atoms with Gasteiger partial charge in [0.2, 0.25) is 5.91 Å². The van der Waals surface area contributed by atoms with Crippen molar-refractivity contribution in [1.82, 2.24) is 15.6 Å². The Morgan fingerprint density at radius 3 is 2.81 bits per heavy atom. The summed E-state index contributed by atoms with van der Waals surface area (Å²) in [6.07, 6.45) is 3.88. The van der Waals surface area contributed by atoms with Gasteiger partial charge in [-0.15, -0.1) is 0 Å². The lowest BCUT2D eigenvalue weighted by atomic mass is 9.98. The number of nitrogens with zero attached hydrogens (tertiary/aromatic N) is 1. The molecule has 1 amide bonds. The number of aromatic nitrogens is 1. The van der Waals surface area contributed by atoms with E-state index in [-0.39, 0.29) is 11.9 Å². The summed E-state index contributed by atoms with van der Waals surface area (Å²) in [4.78, 5) is 16.0. The summed E-state index contributed by atoms with van der Waals surface area (Å²) in [5.74, 6) is 0.400. The predicted molar refractivity (Wildman–Crippen MR) is 105 cm³/mol. The number of fused-ring (bicyclic) bond motifs is 5. The zero-order valence-corrected chi connectivity index (χ0v) is 15.0. The van der Waals surface area contributed by atoms with Crippen LogP contribution in [-0.2, 0) is 11.2 Å². The highest BCUT2D eigenvalue weighted by molar-refractivity contribution is 6.07. The number of hydrogen-bond acceptors (Lipinski definition) is 3. The number of aromatic amines is 1. The van der Waals surface area contributed by atoms with Crippen LogP contribution < -0.4 is 10.6 Å². The van der Waals surface area contributed by atoms with Crippen molar-refractivity contribution in [3.8, 4) is 6.07 Å². The summed E-state index contributed by atoms with van der Waals surface area (Å²) < 4.78 is 0. The minimum absolute atomic E-state index is 0.0274. The third-order valence-corrected chi connectivity index (χ3v) is 6.13. The Morgan fingerprint density at radius 1 is 1.19 bits per heavy atom. The van der Waals surface area contributed by atoms with Gasteiger partial charge in [0.25, 0.3) is 0 Å². The van der Waals surface area contributed by atoms with E-state index in [0.29, 0.717) is 18.4 Å². The molecule has 5 heteroatoms. The van der Waals surface area contributed by atoms with Gasteiger partial charge in [-0.05, 0) is 42.9 Å². The first kappa shape index (κ1) is 16.3. The number of nitrogens with one attached hydrogen (secondary N) is 3. The maximum absolute atomic E-state index is 12.6. The number of carbonyl (C=O) groups is 1. The molecule has 3 N–H and O–H groups in total. The van der Waals surface area contributed by atoms with E-state index in [1.165, 1.54) is 17.2 Å². The molecule has 5 rings (SSSR count). The van der Waals surface area contributed by atoms with Crippen LogP contribution in [-0.4, -0.2) is 29.0 Å². The maximum atomic E-state index is 12.6. The standard InChI is InChI=1S/C22H22N4O/c23-12-16(25-22(27)21-14-6-7-15(11-14)24-21)9-13-5-8-18-17-3-1-2-4-19(17)26-20(18)10-13/h1-5,8,10,14-16,21,24,26H,6-7,9,11H2,(H,25,27)/t14-,15+,16?,21-/m0/s1. The van der Waals surface area contributed by atoms with Gasteiger partial charge in [-0.25, -0.2) is 0 Å². The molecule has 1 unspecified atom stereocenters. The van der Waals surface area contributed by atoms with Gasteiger partial charge in [0.05, 0.1) is 12.1 Å². The van der Waals surface area contributed by atoms with Crippen LogP contribution in [0.3, 0.4) is 0 Å². The number of carbonyl (C=O) groups excluding carboxylic acids is 1. The summed E-state index contributed by atoms with van der Waals surface area (Å²) >= 11 is 0. The quantitative estimate of drug-likeness (QED) is 0.671. The van der Waals surface area contributed by atoms with Crippen LogP contribution in [0.15, 0.2) is 42.5 Å². The van der Waals surface area contributed by atoms with Gasteiger partial charge >= 0.3 is 0 Å². The van der Waals surface area contributed by atoms with Crippen molar-refractivity contribution < 1.29 is 4.79 Å². The molecular weight excluding hydrogens is 336 g/mol. The number of rotatable bonds is 4. The van der Waals surface area contributed by atoms with Crippen LogP contribution in [0.2, 0.25) is 0 Å². The summed E-state index contributed by atoms with van der Waals surface area (Å²) in [5, 5.41) is 18.3. The molecule has 2 heterocycles. The van der Waals surface area contributed by atoms with E-state index in [0.717, 1.165) is 29.4 Å². The van der Waals surface area contributed by atoms with Crippen molar-refractivity contribution in [1.29, 1.82) is 5.26 Å². The number of nitriles is 1. The fraction of sp³-hybridized carbons (Fsp3) is 0.364. The molecular formula is C22H22N4O. The van der Waals surface area contributed by atoms with Gasteiger partial charge in [-0.3, -0.25) is 4.79 Å². The molecule has 5 nitrogen and oxygen atoms in total. The van der Waals surface area contributed by atoms with Crippen molar-refractivity contribution in [3.63, 3.8) is 0 Å². The van der Waals surface area contributed by atoms with Crippen molar-refractivity contribution in [3.05, 3.63) is 48.0 Å². The van der Waals surface area contributed by atoms with Crippen LogP contribution in [0.1, 0.15) is 24.8 Å². The molecule has 27 heavy (non-hydrogen) atoms. The number of amides is 1. The van der Waals surface area contributed by atoms with Crippen LogP contribution in [0.4, 0.5) is 0 Å². The normalized spacial score (nSPS) is 24.9. The molecule has 1 aliphatic heterocycles. The topological polar surface area (TPSA) is 80.7 Å². The van der Waals surface area contributed by atoms with E-state index < -0.39 is 6.04 Å². The Kier molecular flexibility index (Phi) is 3.87. The fourth-order valence-electron chi connectivity index (χ4n) is 4.81. The van der Waals surface area contributed by atoms with Crippen molar-refractivity contribution in [2.24, 2.45) is 5.92 Å². The maximum Gasteiger partial charge on any atom is 0.238 e. The zero-order valence-electron chi connectivity index (χ0n) is 15.0. The number of para-hydroxylation sites is 1. The van der Waals surface area contributed by atoms with E-state index in [1.54, 1.807) is 0 Å². The summed E-state index contributed by atoms with van der Waals surface area (Å²) in [5.41, 5.74) is 3.21. The largest absolute Gasteiger partial charge is 0.355 e. The van der Waals surface area contributed by atoms with E-state index in [2.05, 4.69) is 52.0 Å². The van der Waals surface area contributed by atoms with Crippen LogP contribution in [0.25, 0.3) is 21.8 Å². The molecule has 1 saturated carbocycles. The minimum Gasteiger partial charge on any atom is -0.355 e. The first-order valence-corrected chi connectivity index (χ1v) is 9.66. The van der Waals surface area contributed by atoms with Crippen molar-refractivity contribution in [2.75, 3.05) is 0 Å². The van der Waals surface area contributed by atoms with E-state index in [4.69, 9.17) is 0 Å². The van der Waals surface area contributed by atoms with Gasteiger partial charge in [0.1, 0.15) is 6.04 Å². The minimum atomic E-state index is -0.514. The highest BCUT2D eigenvalue weighted by Gasteiger charge is 2.43. The predicted octanol–water partition coefficient (Wildman–Crippen LogP) is 3.01. The van der Waals surface area contributed by atoms with E-state index in [9.17, 15) is 10.1 Å². The smallest absolute Gasteiger partial charge is 0.238 e. The Labute approximate surface area is 157 Å². The molecule has 4 atom stereocenters. The molecule has 136 valence electrons. The number of benzene rings is 2. The second-order valence-corrected chi connectivity index (χ2v) is 7.86. The first-order valence-electron chi connectivity index (χ1n) is 9.66. The summed E-state index contributed by atoms with van der Waals surface area (Å²) in [6, 6.07) is 16.5. The third-order valence-electron chi connectivity index (χ3n) is 6.13. The van der Waals surface area contributed by atoms with Crippen LogP contribution in [0, 0.1) is 17.2 Å². The van der Waals surface area contributed by atoms with Gasteiger partial charge in [-0.2, -0.15) is 5.26 Å². The zero-order chi connectivity index (χ0) is 18.4. The molecule has 1 aromatic heterocycles. The molecule has 1 saturated heterocycles. The van der Waals surface area contributed by atoms with Gasteiger partial charge < -0.3 is 15.6 Å². The van der Waals surface area contributed by atoms with E-state index in [1.807, 2.05) is 12.1 Å². The van der Waals surface area contributed by atoms with Crippen molar-refractivity contribution >= 4 is 27.7 Å². The van der Waals surface area contributed by atoms with Crippen LogP contribution >= 0.6 is 0 Å². The SMILES string of the molecule is N#CC(Cc1ccc2c(c1)[nH]c1ccccc12)NC(=O)[C@H]1N[C@@H]2CC[C@H]1C2. The van der Waals surface area contributed by atoms with Crippen molar-refractivity contribution in [2.45, 2.75) is 43.8 Å². The molecule has 0 radical (unpaired) electrons. The van der Waals surface area contributed by atoms with E-state index >= 15 is 0 Å². The van der Waals surface area contributed by atoms with Crippen LogP contribution in [0.5, 0.6) is 0 Å². The summed E-state index contributed by atoms with van der Waals surface area (Å²) in [6.45, 7) is 0. The monoisotopic (exact) mass is 358 g/mol. The van der Waals surface area contributed by atoms with Gasteiger partial charge in [-0.1, -0.05) is 30.3 Å². The Balaban J connectivity index is 1.33.